The van der Waals surface area contributed by atoms with Gasteiger partial charge in [-0.1, -0.05) is 0 Å². The minimum Gasteiger partial charge on any atom is -0.290 e. The maximum absolute atomic E-state index is 13.1. The number of carbonyl (C=O) groups is 1. The van der Waals surface area contributed by atoms with Crippen LogP contribution in [0, 0.1) is 6.92 Å². The van der Waals surface area contributed by atoms with Gasteiger partial charge in [-0.05, 0) is 31.2 Å². The first kappa shape index (κ1) is 15.4. The summed E-state index contributed by atoms with van der Waals surface area (Å²) in [4.78, 5) is 20.5. The molecule has 0 spiro atoms. The van der Waals surface area contributed by atoms with Gasteiger partial charge in [-0.3, -0.25) is 14.2 Å². The van der Waals surface area contributed by atoms with E-state index >= 15 is 0 Å². The van der Waals surface area contributed by atoms with Crippen LogP contribution in [0.1, 0.15) is 26.6 Å². The van der Waals surface area contributed by atoms with Crippen molar-refractivity contribution in [3.63, 3.8) is 0 Å². The quantitative estimate of drug-likeness (QED) is 0.536. The molecule has 0 radical (unpaired) electrons. The van der Waals surface area contributed by atoms with Gasteiger partial charge in [0.05, 0.1) is 5.69 Å². The van der Waals surface area contributed by atoms with Crippen LogP contribution in [0.15, 0.2) is 36.8 Å². The fourth-order valence-corrected chi connectivity index (χ4v) is 2.94. The SMILES string of the molecule is Cc1cn2c(/C=C/C(=O)c3ccncc3)c(C(F)(F)F)nc2s1. The van der Waals surface area contributed by atoms with Gasteiger partial charge in [0, 0.05) is 29.0 Å². The molecule has 4 nitrogen and oxygen atoms in total. The standard InChI is InChI=1S/C15H10F3N3OS/c1-9-8-21-11(13(15(16,17)18)20-14(21)23-9)2-3-12(22)10-4-6-19-7-5-10/h2-8H,1H3/b3-2+. The van der Waals surface area contributed by atoms with Crippen molar-refractivity contribution in [1.82, 2.24) is 14.4 Å². The van der Waals surface area contributed by atoms with E-state index < -0.39 is 17.7 Å². The summed E-state index contributed by atoms with van der Waals surface area (Å²) in [7, 11) is 0. The van der Waals surface area contributed by atoms with Crippen molar-refractivity contribution < 1.29 is 18.0 Å². The van der Waals surface area contributed by atoms with E-state index in [0.717, 1.165) is 28.4 Å². The number of alkyl halides is 3. The van der Waals surface area contributed by atoms with Gasteiger partial charge in [0.1, 0.15) is 0 Å². The van der Waals surface area contributed by atoms with Crippen LogP contribution in [0.5, 0.6) is 0 Å². The van der Waals surface area contributed by atoms with E-state index in [9.17, 15) is 18.0 Å². The van der Waals surface area contributed by atoms with Crippen LogP contribution in [0.25, 0.3) is 11.0 Å². The highest BCUT2D eigenvalue weighted by Gasteiger charge is 2.37. The lowest BCUT2D eigenvalue weighted by Gasteiger charge is -2.04. The topological polar surface area (TPSA) is 47.3 Å². The second kappa shape index (κ2) is 5.62. The average Bonchev–Trinajstić information content (AvgIpc) is 3.01. The van der Waals surface area contributed by atoms with Crippen molar-refractivity contribution >= 4 is 28.2 Å². The minimum atomic E-state index is -4.58. The summed E-state index contributed by atoms with van der Waals surface area (Å²) in [5.74, 6) is -0.401. The van der Waals surface area contributed by atoms with Crippen molar-refractivity contribution in [2.24, 2.45) is 0 Å². The Morgan fingerprint density at radius 3 is 2.65 bits per heavy atom. The molecule has 0 aliphatic heterocycles. The van der Waals surface area contributed by atoms with E-state index in [1.165, 1.54) is 28.9 Å². The van der Waals surface area contributed by atoms with Crippen molar-refractivity contribution in [3.8, 4) is 0 Å². The van der Waals surface area contributed by atoms with Gasteiger partial charge < -0.3 is 0 Å². The number of imidazole rings is 1. The molecule has 3 heterocycles. The lowest BCUT2D eigenvalue weighted by molar-refractivity contribution is -0.140. The maximum Gasteiger partial charge on any atom is 0.435 e. The molecule has 0 aromatic carbocycles. The van der Waals surface area contributed by atoms with Crippen LogP contribution in [-0.4, -0.2) is 20.2 Å². The fraction of sp³-hybridized carbons (Fsp3) is 0.133. The van der Waals surface area contributed by atoms with Gasteiger partial charge in [-0.15, -0.1) is 11.3 Å². The second-order valence-corrected chi connectivity index (χ2v) is 5.98. The molecule has 0 N–H and O–H groups in total. The largest absolute Gasteiger partial charge is 0.435 e. The third-order valence-electron chi connectivity index (χ3n) is 3.10. The molecule has 0 amide bonds. The van der Waals surface area contributed by atoms with E-state index in [4.69, 9.17) is 0 Å². The molecule has 3 aromatic rings. The van der Waals surface area contributed by atoms with E-state index in [2.05, 4.69) is 9.97 Å². The number of allylic oxidation sites excluding steroid dienone is 1. The molecule has 0 saturated heterocycles. The highest BCUT2D eigenvalue weighted by molar-refractivity contribution is 7.17. The number of aromatic nitrogens is 3. The Bertz CT molecular complexity index is 894. The summed E-state index contributed by atoms with van der Waals surface area (Å²) in [6.07, 6.45) is 2.14. The van der Waals surface area contributed by atoms with Gasteiger partial charge in [-0.25, -0.2) is 4.98 Å². The lowest BCUT2D eigenvalue weighted by Crippen LogP contribution is -2.08. The zero-order valence-corrected chi connectivity index (χ0v) is 12.6. The molecular formula is C15H10F3N3OS. The summed E-state index contributed by atoms with van der Waals surface area (Å²) in [5, 5.41) is 0. The molecule has 0 saturated carbocycles. The first-order valence-electron chi connectivity index (χ1n) is 6.54. The Hall–Kier alpha value is -2.48. The predicted octanol–water partition coefficient (Wildman–Crippen LogP) is 4.01. The maximum atomic E-state index is 13.1. The monoisotopic (exact) mass is 337 g/mol. The highest BCUT2D eigenvalue weighted by atomic mass is 32.1. The van der Waals surface area contributed by atoms with Crippen molar-refractivity contribution in [2.75, 3.05) is 0 Å². The van der Waals surface area contributed by atoms with Gasteiger partial charge in [-0.2, -0.15) is 13.2 Å². The second-order valence-electron chi connectivity index (χ2n) is 4.77. The first-order valence-corrected chi connectivity index (χ1v) is 7.36. The number of rotatable bonds is 3. The molecule has 0 unspecified atom stereocenters. The Balaban J connectivity index is 2.04. The van der Waals surface area contributed by atoms with Crippen LogP contribution in [-0.2, 0) is 6.18 Å². The Morgan fingerprint density at radius 2 is 2.00 bits per heavy atom. The number of ketones is 1. The van der Waals surface area contributed by atoms with E-state index in [1.54, 1.807) is 13.1 Å². The number of aryl methyl sites for hydroxylation is 1. The van der Waals surface area contributed by atoms with Gasteiger partial charge >= 0.3 is 6.18 Å². The third-order valence-corrected chi connectivity index (χ3v) is 4.00. The smallest absolute Gasteiger partial charge is 0.290 e. The number of halogens is 3. The summed E-state index contributed by atoms with van der Waals surface area (Å²) in [6.45, 7) is 1.78. The van der Waals surface area contributed by atoms with Crippen LogP contribution in [0.3, 0.4) is 0 Å². The number of fused-ring (bicyclic) bond motifs is 1. The Kier molecular flexibility index (Phi) is 3.77. The number of nitrogens with zero attached hydrogens (tertiary/aromatic N) is 3. The molecule has 0 atom stereocenters. The molecule has 0 aliphatic carbocycles. The number of hydrogen-bond donors (Lipinski definition) is 0. The zero-order valence-electron chi connectivity index (χ0n) is 11.8. The lowest BCUT2D eigenvalue weighted by atomic mass is 10.1. The number of pyridine rings is 1. The molecule has 118 valence electrons. The van der Waals surface area contributed by atoms with E-state index in [-0.39, 0.29) is 10.7 Å². The first-order chi connectivity index (χ1) is 10.9. The van der Waals surface area contributed by atoms with Crippen LogP contribution in [0.2, 0.25) is 0 Å². The Labute approximate surface area is 132 Å². The summed E-state index contributed by atoms with van der Waals surface area (Å²) in [5.41, 5.74) is -0.797. The van der Waals surface area contributed by atoms with E-state index in [0.29, 0.717) is 5.56 Å². The summed E-state index contributed by atoms with van der Waals surface area (Å²) in [6, 6.07) is 3.00. The molecule has 8 heteroatoms. The number of carbonyl (C=O) groups excluding carboxylic acids is 1. The average molecular weight is 337 g/mol. The molecule has 0 fully saturated rings. The van der Waals surface area contributed by atoms with Crippen LogP contribution in [0.4, 0.5) is 13.2 Å². The molecule has 3 aromatic heterocycles. The van der Waals surface area contributed by atoms with Crippen molar-refractivity contribution in [3.05, 3.63) is 58.6 Å². The predicted molar refractivity (Wildman–Crippen MR) is 80.4 cm³/mol. The highest BCUT2D eigenvalue weighted by Crippen LogP contribution is 2.34. The Morgan fingerprint density at radius 1 is 1.30 bits per heavy atom. The van der Waals surface area contributed by atoms with Gasteiger partial charge in [0.2, 0.25) is 0 Å². The summed E-state index contributed by atoms with van der Waals surface area (Å²) < 4.78 is 40.7. The van der Waals surface area contributed by atoms with Gasteiger partial charge in [0.25, 0.3) is 0 Å². The van der Waals surface area contributed by atoms with Gasteiger partial charge in [0.15, 0.2) is 16.4 Å². The molecular weight excluding hydrogens is 327 g/mol. The van der Waals surface area contributed by atoms with Crippen molar-refractivity contribution in [2.45, 2.75) is 13.1 Å². The van der Waals surface area contributed by atoms with Crippen LogP contribution >= 0.6 is 11.3 Å². The fourth-order valence-electron chi connectivity index (χ4n) is 2.11. The number of thiazole rings is 1. The van der Waals surface area contributed by atoms with E-state index in [1.807, 2.05) is 0 Å². The van der Waals surface area contributed by atoms with Crippen LogP contribution < -0.4 is 0 Å². The van der Waals surface area contributed by atoms with Crippen molar-refractivity contribution in [1.29, 1.82) is 0 Å². The molecule has 0 aliphatic rings. The molecule has 3 rings (SSSR count). The third kappa shape index (κ3) is 3.02. The normalized spacial score (nSPS) is 12.3. The summed E-state index contributed by atoms with van der Waals surface area (Å²) >= 11 is 1.16. The molecule has 0 bridgehead atoms. The molecule has 23 heavy (non-hydrogen) atoms. The zero-order chi connectivity index (χ0) is 16.6. The minimum absolute atomic E-state index is 0.153. The number of hydrogen-bond acceptors (Lipinski definition) is 4.